The van der Waals surface area contributed by atoms with E-state index in [1.54, 1.807) is 42.0 Å². The lowest BCUT2D eigenvalue weighted by Crippen LogP contribution is -2.44. The van der Waals surface area contributed by atoms with Crippen molar-refractivity contribution in [3.8, 4) is 11.8 Å². The van der Waals surface area contributed by atoms with Crippen molar-refractivity contribution in [3.05, 3.63) is 88.6 Å². The number of rotatable bonds is 4. The van der Waals surface area contributed by atoms with Gasteiger partial charge in [-0.1, -0.05) is 12.0 Å². The zero-order valence-corrected chi connectivity index (χ0v) is 21.5. The standard InChI is InChI=1S/C28H26F3N7O/c1-19-20(6-8-24-17-33-26-4-3-9-34-38(24)26)14-22(16-32-19)27(39)35-23-7-5-21(25(15-23)28(29,30)31)18-37-12-10-36(2)11-13-37/h3-5,7,9,14-17H,10-13,18H2,1-2H3,(H,35,39). The Hall–Kier alpha value is -4.27. The van der Waals surface area contributed by atoms with Gasteiger partial charge in [-0.05, 0) is 55.8 Å². The van der Waals surface area contributed by atoms with Crippen molar-refractivity contribution in [2.45, 2.75) is 19.6 Å². The van der Waals surface area contributed by atoms with E-state index in [2.05, 4.69) is 37.1 Å². The number of likely N-dealkylation sites (N-methyl/N-ethyl adjacent to an activating group) is 1. The van der Waals surface area contributed by atoms with E-state index >= 15 is 0 Å². The first-order chi connectivity index (χ1) is 18.7. The number of hydrogen-bond acceptors (Lipinski definition) is 6. The van der Waals surface area contributed by atoms with Gasteiger partial charge in [0.05, 0.1) is 23.0 Å². The molecule has 1 aliphatic rings. The number of fused-ring (bicyclic) bond motifs is 1. The van der Waals surface area contributed by atoms with Gasteiger partial charge in [0.2, 0.25) is 0 Å². The van der Waals surface area contributed by atoms with Crippen LogP contribution < -0.4 is 5.32 Å². The fraction of sp³-hybridized carbons (Fsp3) is 0.286. The molecule has 39 heavy (non-hydrogen) atoms. The van der Waals surface area contributed by atoms with Gasteiger partial charge in [-0.25, -0.2) is 9.50 Å². The van der Waals surface area contributed by atoms with E-state index in [4.69, 9.17) is 0 Å². The number of alkyl halides is 3. The zero-order chi connectivity index (χ0) is 27.6. The van der Waals surface area contributed by atoms with Crippen molar-refractivity contribution in [1.82, 2.24) is 29.4 Å². The van der Waals surface area contributed by atoms with E-state index in [9.17, 15) is 18.0 Å². The first-order valence-corrected chi connectivity index (χ1v) is 12.4. The number of imidazole rings is 1. The monoisotopic (exact) mass is 533 g/mol. The van der Waals surface area contributed by atoms with Crippen molar-refractivity contribution >= 4 is 17.2 Å². The number of nitrogens with one attached hydrogen (secondary N) is 1. The molecule has 0 radical (unpaired) electrons. The van der Waals surface area contributed by atoms with E-state index in [0.717, 1.165) is 19.2 Å². The van der Waals surface area contributed by atoms with Crippen LogP contribution in [0.25, 0.3) is 5.65 Å². The number of halogens is 3. The van der Waals surface area contributed by atoms with E-state index < -0.39 is 17.6 Å². The average Bonchev–Trinajstić information content (AvgIpc) is 3.33. The number of pyridine rings is 1. The minimum absolute atomic E-state index is 0.0551. The molecule has 1 fully saturated rings. The lowest BCUT2D eigenvalue weighted by molar-refractivity contribution is -0.138. The lowest BCUT2D eigenvalue weighted by atomic mass is 10.0. The van der Waals surface area contributed by atoms with Gasteiger partial charge in [0.25, 0.3) is 5.91 Å². The molecule has 4 aromatic rings. The average molecular weight is 534 g/mol. The smallest absolute Gasteiger partial charge is 0.322 e. The molecule has 1 aromatic carbocycles. The molecule has 5 rings (SSSR count). The van der Waals surface area contributed by atoms with Crippen LogP contribution in [0.1, 0.15) is 38.4 Å². The molecule has 0 saturated carbocycles. The molecule has 200 valence electrons. The summed E-state index contributed by atoms with van der Waals surface area (Å²) in [5.74, 6) is 5.40. The van der Waals surface area contributed by atoms with E-state index in [1.807, 2.05) is 11.9 Å². The van der Waals surface area contributed by atoms with Crippen LogP contribution in [0, 0.1) is 18.8 Å². The fourth-order valence-corrected chi connectivity index (χ4v) is 4.34. The highest BCUT2D eigenvalue weighted by Crippen LogP contribution is 2.34. The van der Waals surface area contributed by atoms with Crippen LogP contribution in [0.2, 0.25) is 0 Å². The Morgan fingerprint density at radius 3 is 2.62 bits per heavy atom. The van der Waals surface area contributed by atoms with Crippen molar-refractivity contribution in [1.29, 1.82) is 0 Å². The number of piperazine rings is 1. The molecule has 4 heterocycles. The van der Waals surface area contributed by atoms with E-state index in [0.29, 0.717) is 35.7 Å². The summed E-state index contributed by atoms with van der Waals surface area (Å²) in [7, 11) is 1.99. The highest BCUT2D eigenvalue weighted by atomic mass is 19.4. The summed E-state index contributed by atoms with van der Waals surface area (Å²) in [5.41, 5.74) is 1.99. The third kappa shape index (κ3) is 6.08. The molecule has 0 atom stereocenters. The number of carbonyl (C=O) groups is 1. The van der Waals surface area contributed by atoms with Crippen molar-refractivity contribution in [2.24, 2.45) is 0 Å². The fourth-order valence-electron chi connectivity index (χ4n) is 4.34. The van der Waals surface area contributed by atoms with Gasteiger partial charge in [-0.2, -0.15) is 18.3 Å². The van der Waals surface area contributed by atoms with Crippen molar-refractivity contribution in [2.75, 3.05) is 38.5 Å². The Balaban J connectivity index is 1.35. The highest BCUT2D eigenvalue weighted by Gasteiger charge is 2.34. The Kier molecular flexibility index (Phi) is 7.32. The number of benzene rings is 1. The summed E-state index contributed by atoms with van der Waals surface area (Å²) in [5, 5.41) is 6.80. The maximum Gasteiger partial charge on any atom is 0.416 e. The highest BCUT2D eigenvalue weighted by molar-refractivity contribution is 6.04. The van der Waals surface area contributed by atoms with Gasteiger partial charge in [0.15, 0.2) is 5.65 Å². The van der Waals surface area contributed by atoms with Gasteiger partial charge in [0, 0.05) is 56.4 Å². The molecule has 3 aromatic heterocycles. The molecular weight excluding hydrogens is 507 g/mol. The predicted octanol–water partition coefficient (Wildman–Crippen LogP) is 3.85. The molecule has 1 amide bonds. The van der Waals surface area contributed by atoms with Crippen LogP contribution in [-0.2, 0) is 12.7 Å². The van der Waals surface area contributed by atoms with Crippen molar-refractivity contribution < 1.29 is 18.0 Å². The zero-order valence-electron chi connectivity index (χ0n) is 21.5. The summed E-state index contributed by atoms with van der Waals surface area (Å²) in [6, 6.07) is 9.06. The third-order valence-corrected chi connectivity index (χ3v) is 6.62. The number of aromatic nitrogens is 4. The first-order valence-electron chi connectivity index (χ1n) is 12.4. The molecule has 11 heteroatoms. The van der Waals surface area contributed by atoms with Crippen LogP contribution >= 0.6 is 0 Å². The Morgan fingerprint density at radius 1 is 1.05 bits per heavy atom. The first kappa shape index (κ1) is 26.3. The topological polar surface area (TPSA) is 78.7 Å². The molecule has 0 bridgehead atoms. The maximum atomic E-state index is 13.9. The van der Waals surface area contributed by atoms with E-state index in [-0.39, 0.29) is 23.4 Å². The van der Waals surface area contributed by atoms with E-state index in [1.165, 1.54) is 18.3 Å². The number of amides is 1. The molecule has 8 nitrogen and oxygen atoms in total. The molecule has 1 N–H and O–H groups in total. The number of aryl methyl sites for hydroxylation is 1. The molecule has 0 spiro atoms. The number of anilines is 1. The van der Waals surface area contributed by atoms with Crippen LogP contribution in [0.3, 0.4) is 0 Å². The van der Waals surface area contributed by atoms with Gasteiger partial charge in [0.1, 0.15) is 5.69 Å². The summed E-state index contributed by atoms with van der Waals surface area (Å²) in [4.78, 5) is 25.6. The second-order valence-electron chi connectivity index (χ2n) is 9.45. The van der Waals surface area contributed by atoms with Gasteiger partial charge in [-0.15, -0.1) is 0 Å². The SMILES string of the molecule is Cc1ncc(C(=O)Nc2ccc(CN3CCN(C)CC3)c(C(F)(F)F)c2)cc1C#Cc1cnc2cccnn12. The minimum atomic E-state index is -4.55. The van der Waals surface area contributed by atoms with Crippen molar-refractivity contribution in [3.63, 3.8) is 0 Å². The van der Waals surface area contributed by atoms with Crippen LogP contribution in [0.15, 0.2) is 55.0 Å². The number of hydrogen-bond donors (Lipinski definition) is 1. The van der Waals surface area contributed by atoms with Crippen LogP contribution in [-0.4, -0.2) is 68.5 Å². The second kappa shape index (κ2) is 10.8. The largest absolute Gasteiger partial charge is 0.416 e. The normalized spacial score (nSPS) is 14.7. The maximum absolute atomic E-state index is 13.9. The third-order valence-electron chi connectivity index (χ3n) is 6.62. The molecule has 0 unspecified atom stereocenters. The Morgan fingerprint density at radius 2 is 1.85 bits per heavy atom. The van der Waals surface area contributed by atoms with Gasteiger partial charge < -0.3 is 10.2 Å². The van der Waals surface area contributed by atoms with Gasteiger partial charge in [-0.3, -0.25) is 14.7 Å². The molecule has 1 saturated heterocycles. The van der Waals surface area contributed by atoms with Crippen LogP contribution in [0.4, 0.5) is 18.9 Å². The number of nitrogens with zero attached hydrogens (tertiary/aromatic N) is 6. The predicted molar refractivity (Wildman–Crippen MR) is 140 cm³/mol. The molecule has 1 aliphatic heterocycles. The summed E-state index contributed by atoms with van der Waals surface area (Å²) in [6.07, 6.45) is 0.0442. The summed E-state index contributed by atoms with van der Waals surface area (Å²) in [6.45, 7) is 4.97. The summed E-state index contributed by atoms with van der Waals surface area (Å²) >= 11 is 0. The lowest BCUT2D eigenvalue weighted by Gasteiger charge is -2.33. The van der Waals surface area contributed by atoms with Gasteiger partial charge >= 0.3 is 6.18 Å². The quantitative estimate of drug-likeness (QED) is 0.402. The Bertz CT molecular complexity index is 1580. The molecular formula is C28H26F3N7O. The van der Waals surface area contributed by atoms with Crippen LogP contribution in [0.5, 0.6) is 0 Å². The summed E-state index contributed by atoms with van der Waals surface area (Å²) < 4.78 is 43.4. The Labute approximate surface area is 223 Å². The molecule has 0 aliphatic carbocycles. The number of carbonyl (C=O) groups excluding carboxylic acids is 1. The minimum Gasteiger partial charge on any atom is -0.322 e. The second-order valence-corrected chi connectivity index (χ2v) is 9.45.